The zero-order valence-corrected chi connectivity index (χ0v) is 14.6. The summed E-state index contributed by atoms with van der Waals surface area (Å²) in [5, 5.41) is 22.0. The van der Waals surface area contributed by atoms with E-state index in [0.29, 0.717) is 24.7 Å². The van der Waals surface area contributed by atoms with Crippen molar-refractivity contribution in [2.24, 2.45) is 0 Å². The molecule has 9 nitrogen and oxygen atoms in total. The molecule has 4 rings (SSSR count). The van der Waals surface area contributed by atoms with Crippen LogP contribution in [0.5, 0.6) is 0 Å². The predicted octanol–water partition coefficient (Wildman–Crippen LogP) is 1.71. The first-order valence-corrected chi connectivity index (χ1v) is 8.74. The summed E-state index contributed by atoms with van der Waals surface area (Å²) in [6.45, 7) is 1.35. The van der Waals surface area contributed by atoms with Crippen molar-refractivity contribution in [1.29, 1.82) is 0 Å². The number of carbonyl (C=O) groups is 1. The molecular weight excluding hydrogens is 346 g/mol. The van der Waals surface area contributed by atoms with E-state index in [1.54, 1.807) is 29.2 Å². The minimum atomic E-state index is -0.214. The molecule has 27 heavy (non-hydrogen) atoms. The predicted molar refractivity (Wildman–Crippen MR) is 98.0 cm³/mol. The van der Waals surface area contributed by atoms with Gasteiger partial charge in [-0.1, -0.05) is 11.3 Å². The Bertz CT molecular complexity index is 890. The number of rotatable bonds is 5. The van der Waals surface area contributed by atoms with Crippen LogP contribution in [-0.4, -0.2) is 50.4 Å². The minimum Gasteiger partial charge on any atom is -0.381 e. The van der Waals surface area contributed by atoms with E-state index in [1.165, 1.54) is 0 Å². The van der Waals surface area contributed by atoms with Crippen LogP contribution in [0.3, 0.4) is 0 Å². The quantitative estimate of drug-likeness (QED) is 0.709. The van der Waals surface area contributed by atoms with E-state index in [-0.39, 0.29) is 11.9 Å². The molecule has 1 aromatic carbocycles. The normalized spacial score (nSPS) is 14.7. The monoisotopic (exact) mass is 365 g/mol. The first kappa shape index (κ1) is 17.1. The van der Waals surface area contributed by atoms with E-state index in [0.717, 1.165) is 24.2 Å². The van der Waals surface area contributed by atoms with Crippen molar-refractivity contribution < 1.29 is 9.53 Å². The highest BCUT2D eigenvalue weighted by atomic mass is 16.5. The molecule has 2 aromatic heterocycles. The summed E-state index contributed by atoms with van der Waals surface area (Å²) in [6.07, 6.45) is 5.03. The number of ether oxygens (including phenoxy) is 1. The molecule has 0 unspecified atom stereocenters. The molecule has 1 amide bonds. The minimum absolute atomic E-state index is 0.130. The summed E-state index contributed by atoms with van der Waals surface area (Å²) in [5.41, 5.74) is 2.00. The number of hydrogen-bond acceptors (Lipinski definition) is 7. The maximum absolute atomic E-state index is 12.3. The lowest BCUT2D eigenvalue weighted by Gasteiger charge is -2.22. The average molecular weight is 365 g/mol. The van der Waals surface area contributed by atoms with E-state index in [1.807, 2.05) is 24.3 Å². The molecule has 0 saturated carbocycles. The van der Waals surface area contributed by atoms with E-state index in [9.17, 15) is 4.79 Å². The zero-order chi connectivity index (χ0) is 18.5. The molecule has 0 atom stereocenters. The Hall–Kier alpha value is -3.33. The summed E-state index contributed by atoms with van der Waals surface area (Å²) in [5.74, 6) is 0.336. The topological polar surface area (TPSA) is 107 Å². The summed E-state index contributed by atoms with van der Waals surface area (Å²) < 4.78 is 6.96. The molecule has 138 valence electrons. The van der Waals surface area contributed by atoms with Crippen LogP contribution in [0.2, 0.25) is 0 Å². The van der Waals surface area contributed by atoms with Gasteiger partial charge in [0.25, 0.3) is 5.91 Å². The highest BCUT2D eigenvalue weighted by Gasteiger charge is 2.18. The van der Waals surface area contributed by atoms with Crippen molar-refractivity contribution >= 4 is 17.4 Å². The van der Waals surface area contributed by atoms with Crippen LogP contribution in [0.25, 0.3) is 5.69 Å². The number of nitrogens with zero attached hydrogens (tertiary/aromatic N) is 5. The highest BCUT2D eigenvalue weighted by Crippen LogP contribution is 2.17. The number of benzene rings is 1. The molecule has 1 saturated heterocycles. The van der Waals surface area contributed by atoms with Crippen molar-refractivity contribution in [1.82, 2.24) is 30.5 Å². The largest absolute Gasteiger partial charge is 0.381 e. The van der Waals surface area contributed by atoms with E-state index < -0.39 is 0 Å². The van der Waals surface area contributed by atoms with Crippen molar-refractivity contribution in [3.8, 4) is 5.69 Å². The van der Waals surface area contributed by atoms with E-state index >= 15 is 0 Å². The molecule has 0 spiro atoms. The molecule has 1 fully saturated rings. The second-order valence-electron chi connectivity index (χ2n) is 6.19. The van der Waals surface area contributed by atoms with Gasteiger partial charge in [0.1, 0.15) is 0 Å². The third-order valence-corrected chi connectivity index (χ3v) is 4.26. The third kappa shape index (κ3) is 4.26. The van der Waals surface area contributed by atoms with Gasteiger partial charge in [-0.15, -0.1) is 15.3 Å². The van der Waals surface area contributed by atoms with Crippen LogP contribution in [0.4, 0.5) is 11.5 Å². The van der Waals surface area contributed by atoms with Gasteiger partial charge in [0.2, 0.25) is 0 Å². The number of nitrogens with one attached hydrogen (secondary N) is 2. The fourth-order valence-corrected chi connectivity index (χ4v) is 2.84. The Morgan fingerprint density at radius 3 is 2.78 bits per heavy atom. The molecule has 9 heteroatoms. The van der Waals surface area contributed by atoms with Crippen molar-refractivity contribution in [3.63, 3.8) is 0 Å². The molecule has 0 radical (unpaired) electrons. The summed E-state index contributed by atoms with van der Waals surface area (Å²) >= 11 is 0. The fraction of sp³-hybridized carbons (Fsp3) is 0.278. The number of carbonyl (C=O) groups excluding carboxylic acids is 1. The molecular formula is C18H19N7O2. The van der Waals surface area contributed by atoms with Gasteiger partial charge in [0, 0.05) is 24.9 Å². The van der Waals surface area contributed by atoms with Crippen LogP contribution < -0.4 is 10.6 Å². The van der Waals surface area contributed by atoms with E-state index in [2.05, 4.69) is 31.1 Å². The Balaban J connectivity index is 1.40. The summed E-state index contributed by atoms with van der Waals surface area (Å²) in [7, 11) is 0. The zero-order valence-electron chi connectivity index (χ0n) is 14.6. The maximum Gasteiger partial charge on any atom is 0.272 e. The second kappa shape index (κ2) is 7.92. The van der Waals surface area contributed by atoms with Crippen molar-refractivity contribution in [3.05, 3.63) is 54.5 Å². The van der Waals surface area contributed by atoms with E-state index in [4.69, 9.17) is 4.74 Å². The number of hydrogen-bond donors (Lipinski definition) is 2. The van der Waals surface area contributed by atoms with Crippen LogP contribution in [0.15, 0.2) is 48.8 Å². The van der Waals surface area contributed by atoms with Crippen molar-refractivity contribution in [2.75, 3.05) is 18.5 Å². The standard InChI is InChI=1S/C18H19N7O2/c26-18(21-13-6-10-27-11-7-13)16-4-5-17(23-22-16)20-14-2-1-3-15(12-14)25-9-8-19-24-25/h1-5,8-9,12-13H,6-7,10-11H2,(H,20,23)(H,21,26). The molecule has 1 aliphatic heterocycles. The van der Waals surface area contributed by atoms with Crippen molar-refractivity contribution in [2.45, 2.75) is 18.9 Å². The Morgan fingerprint density at radius 2 is 2.04 bits per heavy atom. The first-order chi connectivity index (χ1) is 13.3. The van der Waals surface area contributed by atoms with Gasteiger partial charge in [-0.3, -0.25) is 4.79 Å². The van der Waals surface area contributed by atoms with Gasteiger partial charge < -0.3 is 15.4 Å². The van der Waals surface area contributed by atoms with Gasteiger partial charge in [0.05, 0.1) is 18.1 Å². The number of amides is 1. The van der Waals surface area contributed by atoms with Gasteiger partial charge >= 0.3 is 0 Å². The lowest BCUT2D eigenvalue weighted by Crippen LogP contribution is -2.39. The van der Waals surface area contributed by atoms with Crippen LogP contribution in [0, 0.1) is 0 Å². The molecule has 2 N–H and O–H groups in total. The summed E-state index contributed by atoms with van der Waals surface area (Å²) in [4.78, 5) is 12.3. The second-order valence-corrected chi connectivity index (χ2v) is 6.19. The van der Waals surface area contributed by atoms with Gasteiger partial charge in [-0.05, 0) is 43.2 Å². The molecule has 1 aliphatic rings. The SMILES string of the molecule is O=C(NC1CCOCC1)c1ccc(Nc2cccc(-n3ccnn3)c2)nn1. The lowest BCUT2D eigenvalue weighted by molar-refractivity contribution is 0.0693. The summed E-state index contributed by atoms with van der Waals surface area (Å²) in [6, 6.07) is 11.2. The van der Waals surface area contributed by atoms with Gasteiger partial charge in [-0.25, -0.2) is 4.68 Å². The fourth-order valence-electron chi connectivity index (χ4n) is 2.84. The molecule has 0 bridgehead atoms. The van der Waals surface area contributed by atoms with Crippen LogP contribution in [-0.2, 0) is 4.74 Å². The number of aromatic nitrogens is 5. The first-order valence-electron chi connectivity index (χ1n) is 8.74. The van der Waals surface area contributed by atoms with Crippen LogP contribution >= 0.6 is 0 Å². The Labute approximate surface area is 155 Å². The average Bonchev–Trinajstić information content (AvgIpc) is 3.24. The lowest BCUT2D eigenvalue weighted by atomic mass is 10.1. The Kier molecular flexibility index (Phi) is 5.01. The van der Waals surface area contributed by atoms with Gasteiger partial charge in [-0.2, -0.15) is 0 Å². The Morgan fingerprint density at radius 1 is 1.15 bits per heavy atom. The number of anilines is 2. The molecule has 3 aromatic rings. The molecule has 3 heterocycles. The maximum atomic E-state index is 12.3. The third-order valence-electron chi connectivity index (χ3n) is 4.26. The van der Waals surface area contributed by atoms with Crippen LogP contribution in [0.1, 0.15) is 23.3 Å². The molecule has 0 aliphatic carbocycles. The van der Waals surface area contributed by atoms with Gasteiger partial charge in [0.15, 0.2) is 11.5 Å². The smallest absolute Gasteiger partial charge is 0.272 e. The highest BCUT2D eigenvalue weighted by molar-refractivity contribution is 5.92.